The fraction of sp³-hybridized carbons (Fsp3) is 0.0556. The van der Waals surface area contributed by atoms with Crippen LogP contribution in [0.3, 0.4) is 0 Å². The standard InChI is InChI=1S/C18H9F3N2O2/c19-18(20,21)16-7-14(6-15(8-16)17(24)25)13-3-1-11(2-4-13)5-12(9-22)10-23/h1-8H,(H,24,25). The molecule has 124 valence electrons. The number of alkyl halides is 3. The molecule has 0 aliphatic carbocycles. The van der Waals surface area contributed by atoms with E-state index in [2.05, 4.69) is 0 Å². The predicted molar refractivity (Wildman–Crippen MR) is 83.0 cm³/mol. The number of carboxylic acids is 1. The SMILES string of the molecule is N#CC(C#N)=Cc1ccc(-c2cc(C(=O)O)cc(C(F)(F)F)c2)cc1. The van der Waals surface area contributed by atoms with Crippen LogP contribution in [0.25, 0.3) is 17.2 Å². The lowest BCUT2D eigenvalue weighted by molar-refractivity contribution is -0.137. The zero-order valence-corrected chi connectivity index (χ0v) is 12.5. The summed E-state index contributed by atoms with van der Waals surface area (Å²) in [5, 5.41) is 26.4. The lowest BCUT2D eigenvalue weighted by Gasteiger charge is -2.11. The van der Waals surface area contributed by atoms with Gasteiger partial charge < -0.3 is 5.11 Å². The zero-order chi connectivity index (χ0) is 18.6. The molecule has 0 unspecified atom stereocenters. The largest absolute Gasteiger partial charge is 0.478 e. The van der Waals surface area contributed by atoms with Crippen LogP contribution in [0.15, 0.2) is 48.0 Å². The molecule has 0 fully saturated rings. The highest BCUT2D eigenvalue weighted by Gasteiger charge is 2.31. The van der Waals surface area contributed by atoms with Gasteiger partial charge in [0.15, 0.2) is 0 Å². The third kappa shape index (κ3) is 4.24. The molecule has 0 heterocycles. The number of nitrogens with zero attached hydrogens (tertiary/aromatic N) is 2. The van der Waals surface area contributed by atoms with Crippen molar-refractivity contribution in [3.63, 3.8) is 0 Å². The summed E-state index contributed by atoms with van der Waals surface area (Å²) in [4.78, 5) is 11.1. The van der Waals surface area contributed by atoms with Crippen molar-refractivity contribution < 1.29 is 23.1 Å². The summed E-state index contributed by atoms with van der Waals surface area (Å²) in [6.07, 6.45) is -3.34. The van der Waals surface area contributed by atoms with Crippen LogP contribution >= 0.6 is 0 Å². The Kier molecular flexibility index (Phi) is 4.90. The topological polar surface area (TPSA) is 84.9 Å². The Bertz CT molecular complexity index is 915. The van der Waals surface area contributed by atoms with Gasteiger partial charge >= 0.3 is 12.1 Å². The van der Waals surface area contributed by atoms with Crippen molar-refractivity contribution in [1.82, 2.24) is 0 Å². The molecule has 0 saturated heterocycles. The molecule has 0 aromatic heterocycles. The average Bonchev–Trinajstić information content (AvgIpc) is 2.59. The minimum atomic E-state index is -4.67. The monoisotopic (exact) mass is 342 g/mol. The predicted octanol–water partition coefficient (Wildman–Crippen LogP) is 4.50. The maximum atomic E-state index is 13.0. The van der Waals surface area contributed by atoms with E-state index in [4.69, 9.17) is 15.6 Å². The Morgan fingerprint density at radius 3 is 2.08 bits per heavy atom. The van der Waals surface area contributed by atoms with Gasteiger partial charge in [0.05, 0.1) is 11.1 Å². The Morgan fingerprint density at radius 1 is 1.00 bits per heavy atom. The summed E-state index contributed by atoms with van der Waals surface area (Å²) in [5.41, 5.74) is -0.635. The highest BCUT2D eigenvalue weighted by atomic mass is 19.4. The van der Waals surface area contributed by atoms with E-state index in [1.807, 2.05) is 0 Å². The molecule has 2 aromatic rings. The van der Waals surface area contributed by atoms with Crippen molar-refractivity contribution in [3.05, 3.63) is 64.7 Å². The number of halogens is 3. The summed E-state index contributed by atoms with van der Waals surface area (Å²) in [6, 6.07) is 12.0. The number of hydrogen-bond acceptors (Lipinski definition) is 3. The zero-order valence-electron chi connectivity index (χ0n) is 12.5. The van der Waals surface area contributed by atoms with Crippen molar-refractivity contribution in [3.8, 4) is 23.3 Å². The van der Waals surface area contributed by atoms with Crippen molar-refractivity contribution >= 4 is 12.0 Å². The van der Waals surface area contributed by atoms with Crippen molar-refractivity contribution in [2.75, 3.05) is 0 Å². The number of allylic oxidation sites excluding steroid dienone is 1. The second-order valence-corrected chi connectivity index (χ2v) is 5.01. The molecule has 7 heteroatoms. The number of aromatic carboxylic acids is 1. The number of rotatable bonds is 3. The van der Waals surface area contributed by atoms with Crippen LogP contribution in [0.2, 0.25) is 0 Å². The Balaban J connectivity index is 2.50. The maximum absolute atomic E-state index is 13.0. The first-order valence-electron chi connectivity index (χ1n) is 6.82. The molecule has 1 N–H and O–H groups in total. The van der Waals surface area contributed by atoms with Crippen LogP contribution in [0, 0.1) is 22.7 Å². The van der Waals surface area contributed by atoms with Crippen LogP contribution in [0.5, 0.6) is 0 Å². The fourth-order valence-electron chi connectivity index (χ4n) is 2.11. The molecule has 0 radical (unpaired) electrons. The quantitative estimate of drug-likeness (QED) is 0.832. The molecule has 0 bridgehead atoms. The van der Waals surface area contributed by atoms with Gasteiger partial charge in [-0.1, -0.05) is 24.3 Å². The summed E-state index contributed by atoms with van der Waals surface area (Å²) in [7, 11) is 0. The van der Waals surface area contributed by atoms with Crippen LogP contribution < -0.4 is 0 Å². The third-order valence-electron chi connectivity index (χ3n) is 3.30. The summed E-state index contributed by atoms with van der Waals surface area (Å²) >= 11 is 0. The van der Waals surface area contributed by atoms with E-state index in [-0.39, 0.29) is 11.1 Å². The van der Waals surface area contributed by atoms with Gasteiger partial charge in [-0.25, -0.2) is 4.79 Å². The van der Waals surface area contributed by atoms with Crippen LogP contribution in [0.1, 0.15) is 21.5 Å². The van der Waals surface area contributed by atoms with Crippen LogP contribution in [-0.4, -0.2) is 11.1 Å². The van der Waals surface area contributed by atoms with Gasteiger partial charge in [0.1, 0.15) is 17.7 Å². The lowest BCUT2D eigenvalue weighted by Crippen LogP contribution is -2.08. The second-order valence-electron chi connectivity index (χ2n) is 5.01. The number of benzene rings is 2. The van der Waals surface area contributed by atoms with Crippen molar-refractivity contribution in [2.45, 2.75) is 6.18 Å². The van der Waals surface area contributed by atoms with Gasteiger partial charge in [-0.3, -0.25) is 0 Å². The summed E-state index contributed by atoms with van der Waals surface area (Å²) < 4.78 is 38.9. The van der Waals surface area contributed by atoms with E-state index in [0.717, 1.165) is 12.1 Å². The first-order valence-corrected chi connectivity index (χ1v) is 6.82. The molecule has 0 aliphatic rings. The Morgan fingerprint density at radius 2 is 1.60 bits per heavy atom. The molecule has 4 nitrogen and oxygen atoms in total. The van der Waals surface area contributed by atoms with Gasteiger partial charge in [0.2, 0.25) is 0 Å². The van der Waals surface area contributed by atoms with Gasteiger partial charge in [0.25, 0.3) is 0 Å². The lowest BCUT2D eigenvalue weighted by atomic mass is 9.98. The number of hydrogen-bond donors (Lipinski definition) is 1. The van der Waals surface area contributed by atoms with E-state index < -0.39 is 23.3 Å². The second kappa shape index (κ2) is 6.90. The number of nitriles is 2. The van der Waals surface area contributed by atoms with Gasteiger partial charge in [-0.2, -0.15) is 23.7 Å². The Hall–Kier alpha value is -3.58. The number of carbonyl (C=O) groups is 1. The fourth-order valence-corrected chi connectivity index (χ4v) is 2.11. The maximum Gasteiger partial charge on any atom is 0.416 e. The number of carboxylic acid groups (broad SMARTS) is 1. The molecule has 0 amide bonds. The first-order chi connectivity index (χ1) is 11.7. The normalized spacial score (nSPS) is 10.4. The molecule has 25 heavy (non-hydrogen) atoms. The van der Waals surface area contributed by atoms with Crippen molar-refractivity contribution in [1.29, 1.82) is 10.5 Å². The highest BCUT2D eigenvalue weighted by molar-refractivity contribution is 5.90. The minimum absolute atomic E-state index is 0.101. The van der Waals surface area contributed by atoms with Gasteiger partial charge in [0, 0.05) is 0 Å². The molecule has 0 aliphatic heterocycles. The molecule has 0 atom stereocenters. The summed E-state index contributed by atoms with van der Waals surface area (Å²) in [5.74, 6) is -1.46. The van der Waals surface area contributed by atoms with Gasteiger partial charge in [-0.15, -0.1) is 0 Å². The molecule has 2 aromatic carbocycles. The molecule has 0 saturated carbocycles. The molecule has 0 spiro atoms. The molecular formula is C18H9F3N2O2. The van der Waals surface area contributed by atoms with Crippen LogP contribution in [0.4, 0.5) is 13.2 Å². The smallest absolute Gasteiger partial charge is 0.416 e. The molecule has 2 rings (SSSR count). The van der Waals surface area contributed by atoms with E-state index >= 15 is 0 Å². The van der Waals surface area contributed by atoms with E-state index in [9.17, 15) is 18.0 Å². The highest BCUT2D eigenvalue weighted by Crippen LogP contribution is 2.33. The van der Waals surface area contributed by atoms with E-state index in [1.54, 1.807) is 12.1 Å². The first kappa shape index (κ1) is 17.8. The minimum Gasteiger partial charge on any atom is -0.478 e. The average molecular weight is 342 g/mol. The van der Waals surface area contributed by atoms with Crippen LogP contribution in [-0.2, 0) is 6.18 Å². The van der Waals surface area contributed by atoms with Gasteiger partial charge in [-0.05, 0) is 41.0 Å². The van der Waals surface area contributed by atoms with Crippen molar-refractivity contribution in [2.24, 2.45) is 0 Å². The Labute approximate surface area is 140 Å². The molecular weight excluding hydrogens is 333 g/mol. The van der Waals surface area contributed by atoms with E-state index in [0.29, 0.717) is 17.2 Å². The summed E-state index contributed by atoms with van der Waals surface area (Å²) in [6.45, 7) is 0. The van der Waals surface area contributed by atoms with E-state index in [1.165, 1.54) is 30.3 Å². The third-order valence-corrected chi connectivity index (χ3v) is 3.30.